The number of piperidine rings is 1. The van der Waals surface area contributed by atoms with Gasteiger partial charge >= 0.3 is 0 Å². The van der Waals surface area contributed by atoms with Crippen LogP contribution in [0, 0.1) is 0 Å². The fourth-order valence-corrected chi connectivity index (χ4v) is 2.50. The molecule has 0 amide bonds. The molecule has 1 atom stereocenters. The standard InChI is InChI=1S/C12H17N5/c1-17-12-9(11(13)16-17)4-5-10(15-12)8-3-2-6-14-7-8/h4-5,8,14H,2-3,6-7H2,1H3,(H2,13,16). The Bertz CT molecular complexity index is 539. The minimum absolute atomic E-state index is 0.518. The second-order valence-electron chi connectivity index (χ2n) is 4.66. The molecule has 90 valence electrons. The number of nitrogens with one attached hydrogen (secondary N) is 1. The lowest BCUT2D eigenvalue weighted by atomic mass is 9.95. The van der Waals surface area contributed by atoms with E-state index in [-0.39, 0.29) is 0 Å². The van der Waals surface area contributed by atoms with Gasteiger partial charge in [-0.2, -0.15) is 5.10 Å². The average Bonchev–Trinajstić information content (AvgIpc) is 2.66. The smallest absolute Gasteiger partial charge is 0.159 e. The first-order chi connectivity index (χ1) is 8.25. The Morgan fingerprint density at radius 2 is 2.35 bits per heavy atom. The Hall–Kier alpha value is -1.62. The average molecular weight is 231 g/mol. The fourth-order valence-electron chi connectivity index (χ4n) is 2.50. The number of rotatable bonds is 1. The van der Waals surface area contributed by atoms with Crippen LogP contribution in [0.3, 0.4) is 0 Å². The minimum Gasteiger partial charge on any atom is -0.382 e. The molecule has 2 aromatic rings. The van der Waals surface area contributed by atoms with Gasteiger partial charge in [0.25, 0.3) is 0 Å². The fraction of sp³-hybridized carbons (Fsp3) is 0.500. The Morgan fingerprint density at radius 1 is 1.47 bits per heavy atom. The Labute approximate surface area is 100 Å². The first-order valence-corrected chi connectivity index (χ1v) is 6.05. The molecule has 1 saturated heterocycles. The number of hydrogen-bond donors (Lipinski definition) is 2. The summed E-state index contributed by atoms with van der Waals surface area (Å²) in [7, 11) is 1.88. The maximum Gasteiger partial charge on any atom is 0.159 e. The summed E-state index contributed by atoms with van der Waals surface area (Å²) in [6, 6.07) is 4.12. The summed E-state index contributed by atoms with van der Waals surface area (Å²) in [6.07, 6.45) is 2.43. The molecule has 1 unspecified atom stereocenters. The molecule has 3 heterocycles. The molecule has 0 aliphatic carbocycles. The van der Waals surface area contributed by atoms with Crippen LogP contribution in [-0.2, 0) is 7.05 Å². The Morgan fingerprint density at radius 3 is 3.12 bits per heavy atom. The van der Waals surface area contributed by atoms with Gasteiger partial charge in [0.05, 0.1) is 5.39 Å². The summed E-state index contributed by atoms with van der Waals surface area (Å²) in [5, 5.41) is 8.55. The van der Waals surface area contributed by atoms with Gasteiger partial charge in [-0.1, -0.05) is 0 Å². The number of hydrogen-bond acceptors (Lipinski definition) is 4. The highest BCUT2D eigenvalue weighted by molar-refractivity contribution is 5.86. The van der Waals surface area contributed by atoms with Crippen LogP contribution < -0.4 is 11.1 Å². The molecule has 5 heteroatoms. The van der Waals surface area contributed by atoms with E-state index in [2.05, 4.69) is 16.5 Å². The quantitative estimate of drug-likeness (QED) is 0.768. The molecule has 3 rings (SSSR count). The van der Waals surface area contributed by atoms with Crippen LogP contribution in [0.1, 0.15) is 24.5 Å². The molecule has 1 aliphatic heterocycles. The van der Waals surface area contributed by atoms with Crippen molar-refractivity contribution in [1.29, 1.82) is 0 Å². The zero-order chi connectivity index (χ0) is 11.8. The molecule has 0 radical (unpaired) electrons. The zero-order valence-corrected chi connectivity index (χ0v) is 9.98. The molecule has 0 spiro atoms. The van der Waals surface area contributed by atoms with Crippen molar-refractivity contribution in [2.75, 3.05) is 18.8 Å². The predicted octanol–water partition coefficient (Wildman–Crippen LogP) is 1.02. The van der Waals surface area contributed by atoms with E-state index < -0.39 is 0 Å². The topological polar surface area (TPSA) is 68.8 Å². The van der Waals surface area contributed by atoms with E-state index in [4.69, 9.17) is 10.7 Å². The summed E-state index contributed by atoms with van der Waals surface area (Å²) in [5.74, 6) is 1.08. The SMILES string of the molecule is Cn1nc(N)c2ccc(C3CCCNC3)nc21. The molecule has 0 aromatic carbocycles. The first-order valence-electron chi connectivity index (χ1n) is 6.05. The summed E-state index contributed by atoms with van der Waals surface area (Å²) < 4.78 is 1.75. The number of anilines is 1. The zero-order valence-electron chi connectivity index (χ0n) is 9.98. The van der Waals surface area contributed by atoms with Crippen LogP contribution in [0.4, 0.5) is 5.82 Å². The Balaban J connectivity index is 2.03. The van der Waals surface area contributed by atoms with E-state index in [1.807, 2.05) is 13.1 Å². The number of fused-ring (bicyclic) bond motifs is 1. The summed E-state index contributed by atoms with van der Waals surface area (Å²) in [5.41, 5.74) is 7.85. The minimum atomic E-state index is 0.518. The third-order valence-electron chi connectivity index (χ3n) is 3.45. The molecule has 5 nitrogen and oxygen atoms in total. The number of nitrogen functional groups attached to an aromatic ring is 1. The number of aryl methyl sites for hydroxylation is 1. The number of aromatic nitrogens is 3. The summed E-state index contributed by atoms with van der Waals surface area (Å²) in [6.45, 7) is 2.14. The summed E-state index contributed by atoms with van der Waals surface area (Å²) >= 11 is 0. The highest BCUT2D eigenvalue weighted by Gasteiger charge is 2.17. The van der Waals surface area contributed by atoms with Gasteiger partial charge in [0.2, 0.25) is 0 Å². The van der Waals surface area contributed by atoms with E-state index in [0.717, 1.165) is 29.8 Å². The van der Waals surface area contributed by atoms with Crippen molar-refractivity contribution in [3.63, 3.8) is 0 Å². The van der Waals surface area contributed by atoms with Gasteiger partial charge in [0.1, 0.15) is 0 Å². The third-order valence-corrected chi connectivity index (χ3v) is 3.45. The van der Waals surface area contributed by atoms with Crippen molar-refractivity contribution in [1.82, 2.24) is 20.1 Å². The van der Waals surface area contributed by atoms with E-state index in [9.17, 15) is 0 Å². The van der Waals surface area contributed by atoms with Gasteiger partial charge in [-0.3, -0.25) is 0 Å². The van der Waals surface area contributed by atoms with Crippen LogP contribution in [-0.4, -0.2) is 27.9 Å². The third kappa shape index (κ3) is 1.76. The number of nitrogens with two attached hydrogens (primary N) is 1. The molecule has 2 aromatic heterocycles. The predicted molar refractivity (Wildman–Crippen MR) is 67.8 cm³/mol. The van der Waals surface area contributed by atoms with Crippen molar-refractivity contribution >= 4 is 16.9 Å². The highest BCUT2D eigenvalue weighted by atomic mass is 15.3. The van der Waals surface area contributed by atoms with E-state index in [0.29, 0.717) is 11.7 Å². The molecule has 17 heavy (non-hydrogen) atoms. The second kappa shape index (κ2) is 4.00. The molecular formula is C12H17N5. The lowest BCUT2D eigenvalue weighted by molar-refractivity contribution is 0.455. The van der Waals surface area contributed by atoms with Crippen LogP contribution in [0.25, 0.3) is 11.0 Å². The van der Waals surface area contributed by atoms with Gasteiger partial charge < -0.3 is 11.1 Å². The summed E-state index contributed by atoms with van der Waals surface area (Å²) in [4.78, 5) is 4.70. The van der Waals surface area contributed by atoms with Crippen molar-refractivity contribution in [2.24, 2.45) is 7.05 Å². The Kier molecular flexibility index (Phi) is 2.48. The lowest BCUT2D eigenvalue weighted by Crippen LogP contribution is -2.28. The van der Waals surface area contributed by atoms with Crippen LogP contribution in [0.15, 0.2) is 12.1 Å². The van der Waals surface area contributed by atoms with Gasteiger partial charge in [-0.25, -0.2) is 9.67 Å². The van der Waals surface area contributed by atoms with Crippen molar-refractivity contribution < 1.29 is 0 Å². The molecule has 3 N–H and O–H groups in total. The monoisotopic (exact) mass is 231 g/mol. The lowest BCUT2D eigenvalue weighted by Gasteiger charge is -2.22. The normalized spacial score (nSPS) is 20.9. The van der Waals surface area contributed by atoms with Crippen LogP contribution in [0.2, 0.25) is 0 Å². The maximum absolute atomic E-state index is 5.82. The van der Waals surface area contributed by atoms with Crippen molar-refractivity contribution in [3.05, 3.63) is 17.8 Å². The maximum atomic E-state index is 5.82. The molecule has 1 aliphatic rings. The van der Waals surface area contributed by atoms with Crippen LogP contribution >= 0.6 is 0 Å². The van der Waals surface area contributed by atoms with Gasteiger partial charge in [0.15, 0.2) is 11.5 Å². The number of nitrogens with zero attached hydrogens (tertiary/aromatic N) is 3. The molecular weight excluding hydrogens is 214 g/mol. The van der Waals surface area contributed by atoms with E-state index >= 15 is 0 Å². The largest absolute Gasteiger partial charge is 0.382 e. The van der Waals surface area contributed by atoms with Crippen molar-refractivity contribution in [2.45, 2.75) is 18.8 Å². The molecule has 1 fully saturated rings. The van der Waals surface area contributed by atoms with Crippen molar-refractivity contribution in [3.8, 4) is 0 Å². The first kappa shape index (κ1) is 10.5. The van der Waals surface area contributed by atoms with E-state index in [1.165, 1.54) is 12.8 Å². The molecule has 0 bridgehead atoms. The van der Waals surface area contributed by atoms with Gasteiger partial charge in [-0.15, -0.1) is 0 Å². The van der Waals surface area contributed by atoms with Crippen LogP contribution in [0.5, 0.6) is 0 Å². The van der Waals surface area contributed by atoms with Gasteiger partial charge in [-0.05, 0) is 31.5 Å². The highest BCUT2D eigenvalue weighted by Crippen LogP contribution is 2.25. The number of pyridine rings is 1. The van der Waals surface area contributed by atoms with E-state index in [1.54, 1.807) is 4.68 Å². The van der Waals surface area contributed by atoms with Gasteiger partial charge in [0, 0.05) is 25.2 Å². The molecule has 0 saturated carbocycles. The second-order valence-corrected chi connectivity index (χ2v) is 4.66.